The summed E-state index contributed by atoms with van der Waals surface area (Å²) in [5.41, 5.74) is 0.994. The molecule has 4 unspecified atom stereocenters. The number of aryl methyl sites for hydroxylation is 1. The van der Waals surface area contributed by atoms with Gasteiger partial charge in [-0.25, -0.2) is 4.79 Å². The minimum absolute atomic E-state index is 0.0306. The van der Waals surface area contributed by atoms with Gasteiger partial charge < -0.3 is 14.6 Å². The Kier molecular flexibility index (Phi) is 6.56. The third-order valence-electron chi connectivity index (χ3n) is 7.77. The molecule has 2 aliphatic rings. The Labute approximate surface area is 226 Å². The number of fused-ring (bicyclic) bond motifs is 5. The summed E-state index contributed by atoms with van der Waals surface area (Å²) in [5.74, 6) is -0.309. The first-order valence-electron chi connectivity index (χ1n) is 13.2. The van der Waals surface area contributed by atoms with Crippen LogP contribution >= 0.6 is 0 Å². The molecule has 2 aromatic carbocycles. The molecule has 2 heterocycles. The molecule has 1 saturated carbocycles. The normalized spacial score (nSPS) is 21.0. The van der Waals surface area contributed by atoms with Gasteiger partial charge in [-0.3, -0.25) is 14.5 Å². The van der Waals surface area contributed by atoms with Gasteiger partial charge in [0.05, 0.1) is 23.2 Å². The standard InChI is InChI=1S/C30H31N5O4/c1-30(2,3)39-29(38)35-21-8-7-19(14-21)26(35)27(36)33-20(16-32)11-17-5-9-22-23-10-6-18(15-31)13-25(23)34(4)28(37)24(22)12-17/h5-6,9-10,12-13,19-21,26H,7-8,11,14H2,1-4H3,(H,33,36). The molecule has 1 N–H and O–H groups in total. The van der Waals surface area contributed by atoms with Crippen LogP contribution in [0.4, 0.5) is 4.79 Å². The lowest BCUT2D eigenvalue weighted by Crippen LogP contribution is -2.55. The molecule has 0 spiro atoms. The van der Waals surface area contributed by atoms with Crippen LogP contribution < -0.4 is 10.9 Å². The zero-order chi connectivity index (χ0) is 28.1. The lowest BCUT2D eigenvalue weighted by molar-refractivity contribution is -0.128. The second kappa shape index (κ2) is 9.74. The maximum atomic E-state index is 13.4. The summed E-state index contributed by atoms with van der Waals surface area (Å²) in [6, 6.07) is 13.4. The minimum atomic E-state index is -0.836. The number of nitriles is 2. The van der Waals surface area contributed by atoms with E-state index in [0.29, 0.717) is 16.5 Å². The number of nitrogens with one attached hydrogen (secondary N) is 1. The summed E-state index contributed by atoms with van der Waals surface area (Å²) in [4.78, 5) is 41.1. The molecule has 39 heavy (non-hydrogen) atoms. The molecule has 2 bridgehead atoms. The average Bonchev–Trinajstić information content (AvgIpc) is 3.52. The third-order valence-corrected chi connectivity index (χ3v) is 7.77. The van der Waals surface area contributed by atoms with Crippen LogP contribution in [0, 0.1) is 28.6 Å². The van der Waals surface area contributed by atoms with Crippen LogP contribution in [0.5, 0.6) is 0 Å². The van der Waals surface area contributed by atoms with E-state index < -0.39 is 23.8 Å². The summed E-state index contributed by atoms with van der Waals surface area (Å²) in [6.45, 7) is 5.38. The zero-order valence-corrected chi connectivity index (χ0v) is 22.5. The van der Waals surface area contributed by atoms with Crippen LogP contribution in [0.3, 0.4) is 0 Å². The van der Waals surface area contributed by atoms with E-state index in [9.17, 15) is 24.9 Å². The number of amides is 2. The van der Waals surface area contributed by atoms with Crippen molar-refractivity contribution in [3.8, 4) is 12.1 Å². The van der Waals surface area contributed by atoms with Crippen molar-refractivity contribution < 1.29 is 14.3 Å². The van der Waals surface area contributed by atoms with Crippen LogP contribution in [-0.4, -0.2) is 45.2 Å². The molecule has 1 aromatic heterocycles. The van der Waals surface area contributed by atoms with Gasteiger partial charge in [-0.1, -0.05) is 18.2 Å². The van der Waals surface area contributed by atoms with Gasteiger partial charge in [0.25, 0.3) is 5.56 Å². The Morgan fingerprint density at radius 1 is 1.10 bits per heavy atom. The summed E-state index contributed by atoms with van der Waals surface area (Å²) in [7, 11) is 1.67. The van der Waals surface area contributed by atoms with Gasteiger partial charge in [0.2, 0.25) is 5.91 Å². The second-order valence-electron chi connectivity index (χ2n) is 11.5. The van der Waals surface area contributed by atoms with E-state index in [1.54, 1.807) is 50.9 Å². The molecule has 0 radical (unpaired) electrons. The van der Waals surface area contributed by atoms with Crippen molar-refractivity contribution >= 4 is 33.7 Å². The highest BCUT2D eigenvalue weighted by Crippen LogP contribution is 2.43. The van der Waals surface area contributed by atoms with Crippen molar-refractivity contribution in [3.05, 3.63) is 57.9 Å². The van der Waals surface area contributed by atoms with E-state index in [-0.39, 0.29) is 29.8 Å². The number of hydrogen-bond acceptors (Lipinski definition) is 6. The molecule has 4 atom stereocenters. The maximum Gasteiger partial charge on any atom is 0.411 e. The summed E-state index contributed by atoms with van der Waals surface area (Å²) >= 11 is 0. The molecule has 1 aliphatic heterocycles. The van der Waals surface area contributed by atoms with Gasteiger partial charge in [0.15, 0.2) is 0 Å². The number of nitrogens with zero attached hydrogens (tertiary/aromatic N) is 4. The van der Waals surface area contributed by atoms with E-state index >= 15 is 0 Å². The van der Waals surface area contributed by atoms with Gasteiger partial charge in [-0.2, -0.15) is 10.5 Å². The fourth-order valence-electron chi connectivity index (χ4n) is 6.05. The summed E-state index contributed by atoms with van der Waals surface area (Å²) in [5, 5.41) is 24.1. The van der Waals surface area contributed by atoms with Crippen LogP contribution in [-0.2, 0) is 23.0 Å². The lowest BCUT2D eigenvalue weighted by atomic mass is 9.96. The molecular weight excluding hydrogens is 494 g/mol. The topological polar surface area (TPSA) is 128 Å². The van der Waals surface area contributed by atoms with E-state index in [1.165, 1.54) is 4.57 Å². The number of rotatable bonds is 4. The van der Waals surface area contributed by atoms with Crippen LogP contribution in [0.25, 0.3) is 21.7 Å². The van der Waals surface area contributed by atoms with E-state index in [4.69, 9.17) is 4.74 Å². The smallest absolute Gasteiger partial charge is 0.411 e. The predicted molar refractivity (Wildman–Crippen MR) is 146 cm³/mol. The van der Waals surface area contributed by atoms with E-state index in [0.717, 1.165) is 35.6 Å². The van der Waals surface area contributed by atoms with Gasteiger partial charge in [0.1, 0.15) is 17.7 Å². The Hall–Kier alpha value is -4.37. The van der Waals surface area contributed by atoms with Crippen molar-refractivity contribution in [1.82, 2.24) is 14.8 Å². The number of pyridine rings is 1. The van der Waals surface area contributed by atoms with E-state index in [1.807, 2.05) is 18.2 Å². The molecular formula is C30H31N5O4. The zero-order valence-electron chi connectivity index (χ0n) is 22.5. The van der Waals surface area contributed by atoms with Crippen LogP contribution in [0.2, 0.25) is 0 Å². The molecule has 2 fully saturated rings. The van der Waals surface area contributed by atoms with Crippen LogP contribution in [0.15, 0.2) is 41.2 Å². The Morgan fingerprint density at radius 3 is 2.54 bits per heavy atom. The van der Waals surface area contributed by atoms with E-state index in [2.05, 4.69) is 17.5 Å². The highest BCUT2D eigenvalue weighted by atomic mass is 16.6. The Morgan fingerprint density at radius 2 is 1.85 bits per heavy atom. The van der Waals surface area contributed by atoms with Gasteiger partial charge in [-0.15, -0.1) is 0 Å². The van der Waals surface area contributed by atoms with Crippen molar-refractivity contribution in [1.29, 1.82) is 10.5 Å². The first kappa shape index (κ1) is 26.2. The number of benzene rings is 2. The van der Waals surface area contributed by atoms with Crippen molar-refractivity contribution in [3.63, 3.8) is 0 Å². The average molecular weight is 526 g/mol. The molecule has 2 amide bonds. The van der Waals surface area contributed by atoms with Gasteiger partial charge in [0, 0.05) is 30.3 Å². The second-order valence-corrected chi connectivity index (χ2v) is 11.5. The first-order chi connectivity index (χ1) is 18.5. The number of hydrogen-bond donors (Lipinski definition) is 1. The number of likely N-dealkylation sites (tertiary alicyclic amines) is 1. The quantitative estimate of drug-likeness (QED) is 0.515. The Balaban J connectivity index is 1.38. The SMILES string of the molecule is Cn1c(=O)c2cc(CC(C#N)NC(=O)C3C4CCC(C4)N3C(=O)OC(C)(C)C)ccc2c2ccc(C#N)cc21. The highest BCUT2D eigenvalue weighted by Gasteiger charge is 2.52. The van der Waals surface area contributed by atoms with Crippen molar-refractivity contribution in [2.45, 2.75) is 70.2 Å². The number of ether oxygens (including phenoxy) is 1. The fourth-order valence-corrected chi connectivity index (χ4v) is 6.05. The molecule has 9 heteroatoms. The van der Waals surface area contributed by atoms with Gasteiger partial charge >= 0.3 is 6.09 Å². The molecule has 1 saturated heterocycles. The molecule has 3 aromatic rings. The number of aromatic nitrogens is 1. The summed E-state index contributed by atoms with van der Waals surface area (Å²) < 4.78 is 7.10. The molecule has 1 aliphatic carbocycles. The monoisotopic (exact) mass is 525 g/mol. The predicted octanol–water partition coefficient (Wildman–Crippen LogP) is 3.90. The highest BCUT2D eigenvalue weighted by molar-refractivity contribution is 6.06. The molecule has 5 rings (SSSR count). The fraction of sp³-hybridized carbons (Fsp3) is 0.433. The van der Waals surface area contributed by atoms with Crippen molar-refractivity contribution in [2.24, 2.45) is 13.0 Å². The first-order valence-corrected chi connectivity index (χ1v) is 13.2. The Bertz CT molecular complexity index is 1640. The number of carbonyl (C=O) groups excluding carboxylic acids is 2. The minimum Gasteiger partial charge on any atom is -0.444 e. The molecule has 9 nitrogen and oxygen atoms in total. The number of carbonyl (C=O) groups is 2. The van der Waals surface area contributed by atoms with Crippen LogP contribution in [0.1, 0.15) is 51.2 Å². The molecule has 200 valence electrons. The van der Waals surface area contributed by atoms with Gasteiger partial charge in [-0.05, 0) is 75.1 Å². The number of piperidine rings is 1. The summed E-state index contributed by atoms with van der Waals surface area (Å²) in [6.07, 6.45) is 2.17. The third kappa shape index (κ3) is 4.81. The van der Waals surface area contributed by atoms with Crippen molar-refractivity contribution in [2.75, 3.05) is 0 Å². The lowest BCUT2D eigenvalue weighted by Gasteiger charge is -2.35. The largest absolute Gasteiger partial charge is 0.444 e. The maximum absolute atomic E-state index is 13.4.